The molecule has 1 saturated heterocycles. The van der Waals surface area contributed by atoms with Crippen LogP contribution in [0.25, 0.3) is 0 Å². The molecule has 0 saturated carbocycles. The maximum absolute atomic E-state index is 13.3. The molecule has 1 fully saturated rings. The Hall–Kier alpha value is -4.85. The predicted molar refractivity (Wildman–Crippen MR) is 215 cm³/mol. The van der Waals surface area contributed by atoms with Crippen LogP contribution in [0.5, 0.6) is 11.5 Å². The van der Waals surface area contributed by atoms with E-state index in [9.17, 15) is 25.0 Å². The number of nitrogens with zero attached hydrogens (tertiary/aromatic N) is 4. The van der Waals surface area contributed by atoms with Crippen LogP contribution in [0, 0.1) is 29.6 Å². The Morgan fingerprint density at radius 3 is 1.96 bits per heavy atom. The van der Waals surface area contributed by atoms with Crippen molar-refractivity contribution in [2.24, 2.45) is 0 Å². The molecule has 14 heteroatoms. The van der Waals surface area contributed by atoms with Crippen LogP contribution in [0.3, 0.4) is 0 Å². The van der Waals surface area contributed by atoms with Gasteiger partial charge in [-0.15, -0.1) is 0 Å². The van der Waals surface area contributed by atoms with Gasteiger partial charge in [-0.05, 0) is 0 Å². The van der Waals surface area contributed by atoms with E-state index in [1.165, 1.54) is 10.8 Å². The number of hydrogen-bond donors (Lipinski definition) is 2. The summed E-state index contributed by atoms with van der Waals surface area (Å²) in [6, 6.07) is 28.8. The number of aromatic nitrogens is 2. The molecule has 298 valence electrons. The molecule has 4 aromatic rings. The van der Waals surface area contributed by atoms with E-state index in [1.807, 2.05) is 111 Å². The van der Waals surface area contributed by atoms with Gasteiger partial charge in [-0.25, -0.2) is 0 Å². The topological polar surface area (TPSA) is 172 Å². The molecule has 1 aliphatic rings. The average Bonchev–Trinajstić information content (AvgIpc) is 3.60. The summed E-state index contributed by atoms with van der Waals surface area (Å²) in [6.07, 6.45) is -2.49. The SMILES string of the molecule is COc1ccc(C(O[C@@H](CC#N)[C@H]2O[C@@H](n3cc(C)c(=O)[nH]c3=O)C[C@@H]2O[PH](O)(CCC#N)N(C(C)C)C(C)C)(c2ccccc2)c2ccc(OC)cc2)cc1. The molecule has 2 N–H and O–H groups in total. The fourth-order valence-corrected chi connectivity index (χ4v) is 11.0. The van der Waals surface area contributed by atoms with E-state index >= 15 is 0 Å². The van der Waals surface area contributed by atoms with Gasteiger partial charge in [0.15, 0.2) is 0 Å². The summed E-state index contributed by atoms with van der Waals surface area (Å²) < 4.78 is 35.3. The maximum atomic E-state index is 13.3. The standard InChI is InChI=1S/C42H52N5O8P/c1-28(2)47(29(3)4)56(50,25-11-23-43)55-37-26-38(46-27-30(5)40(48)45-41(46)49)53-39(37)36(22-24-44)54-42(31-12-9-8-10-13-31,32-14-18-34(51-6)19-15-32)33-16-20-35(52-7)21-17-33/h8-10,12-21,27-29,36-39,50,56H,11,22,25-26H2,1-7H3,(H,45,48,49)/t36-,37-,38+,39+/m0/s1. The number of rotatable bonds is 17. The molecule has 0 amide bonds. The van der Waals surface area contributed by atoms with Crippen LogP contribution >= 0.6 is 7.87 Å². The Morgan fingerprint density at radius 2 is 1.46 bits per heavy atom. The van der Waals surface area contributed by atoms with E-state index in [1.54, 1.807) is 21.1 Å². The summed E-state index contributed by atoms with van der Waals surface area (Å²) in [4.78, 5) is 40.6. The predicted octanol–water partition coefficient (Wildman–Crippen LogP) is 6.35. The van der Waals surface area contributed by atoms with Crippen LogP contribution in [0.2, 0.25) is 0 Å². The van der Waals surface area contributed by atoms with Gasteiger partial charge in [0, 0.05) is 0 Å². The third-order valence-corrected chi connectivity index (χ3v) is 13.6. The number of aromatic amines is 1. The molecular formula is C42H52N5O8P. The van der Waals surface area contributed by atoms with Crippen LogP contribution in [-0.2, 0) is 19.6 Å². The second-order valence-corrected chi connectivity index (χ2v) is 17.2. The molecule has 0 spiro atoms. The summed E-state index contributed by atoms with van der Waals surface area (Å²) in [5, 5.41) is 20.1. The van der Waals surface area contributed by atoms with Gasteiger partial charge in [0.25, 0.3) is 0 Å². The van der Waals surface area contributed by atoms with Crippen molar-refractivity contribution in [2.75, 3.05) is 20.4 Å². The van der Waals surface area contributed by atoms with Crippen LogP contribution in [0.1, 0.15) is 75.4 Å². The van der Waals surface area contributed by atoms with Gasteiger partial charge in [0.2, 0.25) is 0 Å². The van der Waals surface area contributed by atoms with Gasteiger partial charge in [-0.2, -0.15) is 0 Å². The first kappa shape index (κ1) is 42.3. The first-order valence-electron chi connectivity index (χ1n) is 18.7. The molecule has 0 unspecified atom stereocenters. The Morgan fingerprint density at radius 1 is 0.911 bits per heavy atom. The molecule has 0 aliphatic carbocycles. The van der Waals surface area contributed by atoms with E-state index in [2.05, 4.69) is 17.1 Å². The van der Waals surface area contributed by atoms with Crippen LogP contribution in [0.4, 0.5) is 0 Å². The molecule has 13 nitrogen and oxygen atoms in total. The second-order valence-electron chi connectivity index (χ2n) is 14.4. The van der Waals surface area contributed by atoms with Crippen LogP contribution in [0.15, 0.2) is 94.6 Å². The summed E-state index contributed by atoms with van der Waals surface area (Å²) in [5.41, 5.74) is -0.0508. The van der Waals surface area contributed by atoms with E-state index in [-0.39, 0.29) is 37.5 Å². The Labute approximate surface area is 328 Å². The number of benzene rings is 3. The average molecular weight is 786 g/mol. The molecule has 2 heterocycles. The monoisotopic (exact) mass is 785 g/mol. The Balaban J connectivity index is 1.73. The Bertz CT molecular complexity index is 2060. The van der Waals surface area contributed by atoms with E-state index in [0.717, 1.165) is 16.7 Å². The van der Waals surface area contributed by atoms with E-state index in [4.69, 9.17) is 23.5 Å². The van der Waals surface area contributed by atoms with Gasteiger partial charge < -0.3 is 0 Å². The van der Waals surface area contributed by atoms with Gasteiger partial charge in [-0.3, -0.25) is 0 Å². The summed E-state index contributed by atoms with van der Waals surface area (Å²) >= 11 is 0. The molecule has 3 aromatic carbocycles. The normalized spacial score (nSPS) is 18.1. The van der Waals surface area contributed by atoms with E-state index in [0.29, 0.717) is 17.1 Å². The number of methoxy groups -OCH3 is 2. The fraction of sp³-hybridized carbons (Fsp3) is 0.429. The van der Waals surface area contributed by atoms with Crippen LogP contribution < -0.4 is 20.7 Å². The summed E-state index contributed by atoms with van der Waals surface area (Å²) in [7, 11) is -0.738. The van der Waals surface area contributed by atoms with E-state index < -0.39 is 49.3 Å². The zero-order valence-electron chi connectivity index (χ0n) is 33.0. The van der Waals surface area contributed by atoms with Gasteiger partial charge in [0.1, 0.15) is 0 Å². The first-order chi connectivity index (χ1) is 26.8. The molecule has 0 bridgehead atoms. The number of hydrogen-bond acceptors (Lipinski definition) is 11. The molecule has 0 radical (unpaired) electrons. The minimum atomic E-state index is -3.92. The van der Waals surface area contributed by atoms with Gasteiger partial charge in [0.05, 0.1) is 0 Å². The van der Waals surface area contributed by atoms with Crippen molar-refractivity contribution in [2.45, 2.75) is 96.1 Å². The molecule has 56 heavy (non-hydrogen) atoms. The van der Waals surface area contributed by atoms with Gasteiger partial charge >= 0.3 is 329 Å². The Kier molecular flexibility index (Phi) is 13.9. The molecule has 5 rings (SSSR count). The summed E-state index contributed by atoms with van der Waals surface area (Å²) in [5.74, 6) is 1.27. The third kappa shape index (κ3) is 8.90. The van der Waals surface area contributed by atoms with Crippen molar-refractivity contribution in [3.05, 3.63) is 128 Å². The molecule has 1 aliphatic heterocycles. The first-order valence-corrected chi connectivity index (χ1v) is 20.7. The quantitative estimate of drug-likeness (QED) is 0.0904. The van der Waals surface area contributed by atoms with Crippen LogP contribution in [-0.4, -0.2) is 69.9 Å². The zero-order chi connectivity index (χ0) is 40.6. The van der Waals surface area contributed by atoms with Crippen molar-refractivity contribution in [1.29, 1.82) is 10.5 Å². The number of nitrogens with one attached hydrogen (secondary N) is 1. The number of H-pyrrole nitrogens is 1. The molecule has 1 aromatic heterocycles. The number of nitriles is 2. The second kappa shape index (κ2) is 18.4. The third-order valence-electron chi connectivity index (χ3n) is 10.1. The van der Waals surface area contributed by atoms with Crippen molar-refractivity contribution in [3.63, 3.8) is 0 Å². The van der Waals surface area contributed by atoms with Crippen molar-refractivity contribution in [1.82, 2.24) is 14.2 Å². The molecular weight excluding hydrogens is 733 g/mol. The van der Waals surface area contributed by atoms with Gasteiger partial charge in [-0.1, -0.05) is 0 Å². The fourth-order valence-electron chi connectivity index (χ4n) is 7.76. The molecule has 4 atom stereocenters. The minimum absolute atomic E-state index is 0.0447. The number of ether oxygens (including phenoxy) is 4. The zero-order valence-corrected chi connectivity index (χ0v) is 34.0. The summed E-state index contributed by atoms with van der Waals surface area (Å²) in [6.45, 7) is 9.43. The number of aryl methyl sites for hydroxylation is 1. The van der Waals surface area contributed by atoms with Crippen molar-refractivity contribution in [3.8, 4) is 23.6 Å². The van der Waals surface area contributed by atoms with Crippen molar-refractivity contribution >= 4 is 7.87 Å². The van der Waals surface area contributed by atoms with Crippen molar-refractivity contribution < 1.29 is 28.4 Å².